The average molecular weight is 279 g/mol. The van der Waals surface area contributed by atoms with Gasteiger partial charge in [0.2, 0.25) is 0 Å². The van der Waals surface area contributed by atoms with Crippen LogP contribution >= 0.6 is 0 Å². The number of hydrogen-bond acceptors (Lipinski definition) is 1. The summed E-state index contributed by atoms with van der Waals surface area (Å²) in [4.78, 5) is 0. The largest absolute Gasteiger partial charge is 0.409 e. The van der Waals surface area contributed by atoms with E-state index in [4.69, 9.17) is 0 Å². The minimum atomic E-state index is -4.25. The Morgan fingerprint density at radius 2 is 1.80 bits per heavy atom. The van der Waals surface area contributed by atoms with Crippen LogP contribution in [-0.2, 0) is 0 Å². The van der Waals surface area contributed by atoms with Crippen LogP contribution in [0, 0.1) is 0 Å². The molecule has 0 radical (unpaired) electrons. The van der Waals surface area contributed by atoms with Gasteiger partial charge in [0.25, 0.3) is 0 Å². The van der Waals surface area contributed by atoms with E-state index in [9.17, 15) is 13.2 Å². The summed E-state index contributed by atoms with van der Waals surface area (Å²) >= 11 is 0. The van der Waals surface area contributed by atoms with Crippen molar-refractivity contribution < 1.29 is 13.2 Å². The van der Waals surface area contributed by atoms with Crippen LogP contribution in [0.2, 0.25) is 0 Å². The molecule has 2 aromatic carbocycles. The third kappa shape index (κ3) is 3.84. The molecule has 20 heavy (non-hydrogen) atoms. The number of rotatable bonds is 4. The Labute approximate surface area is 116 Å². The highest BCUT2D eigenvalue weighted by Crippen LogP contribution is 2.24. The van der Waals surface area contributed by atoms with Gasteiger partial charge in [-0.2, -0.15) is 13.2 Å². The second-order valence-electron chi connectivity index (χ2n) is 4.64. The van der Waals surface area contributed by atoms with E-state index in [0.29, 0.717) is 0 Å². The monoisotopic (exact) mass is 279 g/mol. The zero-order valence-electron chi connectivity index (χ0n) is 11.1. The topological polar surface area (TPSA) is 12.0 Å². The van der Waals surface area contributed by atoms with Gasteiger partial charge in [-0.1, -0.05) is 48.5 Å². The molecule has 0 saturated heterocycles. The van der Waals surface area contributed by atoms with Crippen LogP contribution < -0.4 is 5.32 Å². The summed E-state index contributed by atoms with van der Waals surface area (Å²) in [6.07, 6.45) is -2.89. The number of alkyl halides is 3. The molecule has 0 bridgehead atoms. The van der Waals surface area contributed by atoms with Gasteiger partial charge in [0, 0.05) is 18.7 Å². The minimum Gasteiger partial charge on any atom is -0.307 e. The lowest BCUT2D eigenvalue weighted by atomic mass is 10.00. The molecule has 0 spiro atoms. The molecular formula is C16H16F3N. The van der Waals surface area contributed by atoms with Crippen molar-refractivity contribution in [3.05, 3.63) is 60.2 Å². The molecule has 0 aliphatic carbocycles. The first kappa shape index (κ1) is 14.6. The predicted molar refractivity (Wildman–Crippen MR) is 75.6 cm³/mol. The lowest BCUT2D eigenvalue weighted by Crippen LogP contribution is -2.19. The zero-order chi connectivity index (χ0) is 14.6. The molecule has 0 saturated carbocycles. The van der Waals surface area contributed by atoms with Crippen molar-refractivity contribution in [1.82, 2.24) is 5.32 Å². The Hall–Kier alpha value is -1.81. The van der Waals surface area contributed by atoms with Crippen molar-refractivity contribution in [2.45, 2.75) is 19.1 Å². The van der Waals surface area contributed by atoms with Crippen LogP contribution in [0.25, 0.3) is 10.8 Å². The molecule has 4 heteroatoms. The van der Waals surface area contributed by atoms with E-state index in [2.05, 4.69) is 5.32 Å². The molecule has 1 nitrogen and oxygen atoms in total. The van der Waals surface area contributed by atoms with Crippen LogP contribution in [0.5, 0.6) is 0 Å². The number of fused-ring (bicyclic) bond motifs is 1. The highest BCUT2D eigenvalue weighted by atomic mass is 19.4. The maximum Gasteiger partial charge on any atom is 0.409 e. The quantitative estimate of drug-likeness (QED) is 0.806. The van der Waals surface area contributed by atoms with Gasteiger partial charge >= 0.3 is 6.18 Å². The second-order valence-corrected chi connectivity index (χ2v) is 4.64. The fourth-order valence-corrected chi connectivity index (χ4v) is 2.18. The van der Waals surface area contributed by atoms with Crippen molar-refractivity contribution in [1.29, 1.82) is 0 Å². The van der Waals surface area contributed by atoms with E-state index in [1.54, 1.807) is 0 Å². The first-order valence-electron chi connectivity index (χ1n) is 6.43. The number of benzene rings is 2. The fourth-order valence-electron chi connectivity index (χ4n) is 2.18. The highest BCUT2D eigenvalue weighted by Gasteiger charge is 2.21. The van der Waals surface area contributed by atoms with Crippen LogP contribution in [0.3, 0.4) is 0 Å². The van der Waals surface area contributed by atoms with Crippen LogP contribution in [0.4, 0.5) is 13.2 Å². The predicted octanol–water partition coefficient (Wildman–Crippen LogP) is 4.61. The second kappa shape index (κ2) is 6.09. The summed E-state index contributed by atoms with van der Waals surface area (Å²) in [5.41, 5.74) is 1.09. The van der Waals surface area contributed by atoms with Crippen LogP contribution in [0.15, 0.2) is 54.6 Å². The van der Waals surface area contributed by atoms with E-state index in [0.717, 1.165) is 22.4 Å². The molecule has 0 aliphatic rings. The van der Waals surface area contributed by atoms with E-state index < -0.39 is 6.18 Å². The van der Waals surface area contributed by atoms with Gasteiger partial charge in [-0.3, -0.25) is 0 Å². The molecule has 0 unspecified atom stereocenters. The van der Waals surface area contributed by atoms with Gasteiger partial charge in [0.15, 0.2) is 0 Å². The van der Waals surface area contributed by atoms with E-state index in [1.165, 1.54) is 0 Å². The van der Waals surface area contributed by atoms with Gasteiger partial charge in [0.1, 0.15) is 0 Å². The highest BCUT2D eigenvalue weighted by molar-refractivity contribution is 5.86. The average Bonchev–Trinajstić information content (AvgIpc) is 2.41. The molecule has 0 aliphatic heterocycles. The maximum absolute atomic E-state index is 12.0. The first-order chi connectivity index (χ1) is 9.47. The number of allylic oxidation sites excluding steroid dienone is 1. The molecule has 0 heterocycles. The van der Waals surface area contributed by atoms with Gasteiger partial charge in [0.05, 0.1) is 0 Å². The zero-order valence-corrected chi connectivity index (χ0v) is 11.1. The molecular weight excluding hydrogens is 263 g/mol. The maximum atomic E-state index is 12.0. The summed E-state index contributed by atoms with van der Waals surface area (Å²) in [6.45, 7) is 2.13. The Morgan fingerprint density at radius 1 is 1.10 bits per heavy atom. The lowest BCUT2D eigenvalue weighted by Gasteiger charge is -2.15. The van der Waals surface area contributed by atoms with Gasteiger partial charge in [-0.05, 0) is 23.3 Å². The molecule has 0 amide bonds. The van der Waals surface area contributed by atoms with Crippen molar-refractivity contribution >= 4 is 10.8 Å². The smallest absolute Gasteiger partial charge is 0.307 e. The molecule has 0 aromatic heterocycles. The normalized spacial score (nSPS) is 14.0. The minimum absolute atomic E-state index is 0.0148. The third-order valence-corrected chi connectivity index (χ3v) is 3.14. The number of halogens is 3. The molecule has 1 N–H and O–H groups in total. The van der Waals surface area contributed by atoms with Crippen LogP contribution in [-0.4, -0.2) is 12.7 Å². The Morgan fingerprint density at radius 3 is 2.55 bits per heavy atom. The Balaban J connectivity index is 2.08. The number of nitrogens with one attached hydrogen (secondary N) is 1. The van der Waals surface area contributed by atoms with E-state index >= 15 is 0 Å². The summed E-state index contributed by atoms with van der Waals surface area (Å²) in [6, 6.07) is 13.9. The molecule has 2 rings (SSSR count). The van der Waals surface area contributed by atoms with Gasteiger partial charge in [-0.25, -0.2) is 0 Å². The van der Waals surface area contributed by atoms with Crippen molar-refractivity contribution in [2.75, 3.05) is 6.54 Å². The lowest BCUT2D eigenvalue weighted by molar-refractivity contribution is -0.0800. The van der Waals surface area contributed by atoms with Crippen molar-refractivity contribution in [3.8, 4) is 0 Å². The fraction of sp³-hybridized carbons (Fsp3) is 0.250. The van der Waals surface area contributed by atoms with Crippen LogP contribution in [0.1, 0.15) is 18.5 Å². The molecule has 0 fully saturated rings. The standard InChI is InChI=1S/C16H16F3N/c1-12(20-11-5-10-16(17,18)19)14-9-4-7-13-6-2-3-8-15(13)14/h2-10,12,20H,11H2,1H3/b10-5+/t12-/m1/s1. The van der Waals surface area contributed by atoms with Gasteiger partial charge < -0.3 is 5.32 Å². The van der Waals surface area contributed by atoms with Crippen molar-refractivity contribution in [3.63, 3.8) is 0 Å². The van der Waals surface area contributed by atoms with E-state index in [-0.39, 0.29) is 18.7 Å². The summed E-state index contributed by atoms with van der Waals surface area (Å²) in [7, 11) is 0. The molecule has 1 atom stereocenters. The third-order valence-electron chi connectivity index (χ3n) is 3.14. The summed E-state index contributed by atoms with van der Waals surface area (Å²) in [5.74, 6) is 0. The van der Waals surface area contributed by atoms with Gasteiger partial charge in [-0.15, -0.1) is 0 Å². The Kier molecular flexibility index (Phi) is 4.45. The first-order valence-corrected chi connectivity index (χ1v) is 6.43. The van der Waals surface area contributed by atoms with E-state index in [1.807, 2.05) is 49.4 Å². The summed E-state index contributed by atoms with van der Waals surface area (Å²) < 4.78 is 36.0. The SMILES string of the molecule is C[C@@H](NC/C=C/C(F)(F)F)c1cccc2ccccc12. The number of hydrogen-bond donors (Lipinski definition) is 1. The summed E-state index contributed by atoms with van der Waals surface area (Å²) in [5, 5.41) is 5.33. The molecule has 106 valence electrons. The molecule has 2 aromatic rings. The Bertz CT molecular complexity index is 597. The van der Waals surface area contributed by atoms with Crippen molar-refractivity contribution in [2.24, 2.45) is 0 Å².